The van der Waals surface area contributed by atoms with Gasteiger partial charge in [-0.25, -0.2) is 0 Å². The van der Waals surface area contributed by atoms with Crippen molar-refractivity contribution in [1.82, 2.24) is 4.98 Å². The van der Waals surface area contributed by atoms with E-state index in [2.05, 4.69) is 67.4 Å². The molecule has 0 unspecified atom stereocenters. The molecule has 0 amide bonds. The fourth-order valence-corrected chi connectivity index (χ4v) is 3.27. The topological polar surface area (TPSA) is 38.9 Å². The van der Waals surface area contributed by atoms with Gasteiger partial charge in [-0.15, -0.1) is 0 Å². The van der Waals surface area contributed by atoms with Gasteiger partial charge in [0.1, 0.15) is 0 Å². The van der Waals surface area contributed by atoms with Crippen LogP contribution in [0.25, 0.3) is 32.8 Å². The number of hydrogen-bond donors (Lipinski definition) is 1. The minimum Gasteiger partial charge on any atom is -0.398 e. The van der Waals surface area contributed by atoms with E-state index in [4.69, 9.17) is 5.73 Å². The van der Waals surface area contributed by atoms with Crippen LogP contribution in [0.3, 0.4) is 0 Å². The molecule has 4 aromatic rings. The van der Waals surface area contributed by atoms with E-state index < -0.39 is 0 Å². The zero-order valence-electron chi connectivity index (χ0n) is 14.0. The molecule has 0 fully saturated rings. The van der Waals surface area contributed by atoms with Gasteiger partial charge in [0.2, 0.25) is 0 Å². The Bertz CT molecular complexity index is 1050. The van der Waals surface area contributed by atoms with Crippen LogP contribution in [0.2, 0.25) is 0 Å². The number of aromatic nitrogens is 1. The molecule has 2 N–H and O–H groups in total. The number of anilines is 1. The summed E-state index contributed by atoms with van der Waals surface area (Å²) < 4.78 is 0. The van der Waals surface area contributed by atoms with E-state index in [1.807, 2.05) is 18.3 Å². The second-order valence-electron chi connectivity index (χ2n) is 6.54. The maximum atomic E-state index is 6.48. The standard InChI is InChI=1S/C22H20N2/c1-14(2)16-8-9-19-17(13-16)11-12-24-22(19)20-10-7-15-5-3-4-6-18(15)21(20)23/h3-14H,23H2,1-2H3. The Hall–Kier alpha value is -2.87. The number of nitrogens with two attached hydrogens (primary N) is 1. The van der Waals surface area contributed by atoms with Crippen LogP contribution in [0.1, 0.15) is 25.3 Å². The Kier molecular flexibility index (Phi) is 3.46. The van der Waals surface area contributed by atoms with Gasteiger partial charge in [-0.1, -0.05) is 68.4 Å². The summed E-state index contributed by atoms with van der Waals surface area (Å²) in [5, 5.41) is 4.58. The minimum absolute atomic E-state index is 0.511. The molecule has 0 saturated heterocycles. The van der Waals surface area contributed by atoms with Crippen LogP contribution in [0.5, 0.6) is 0 Å². The maximum Gasteiger partial charge on any atom is 0.0801 e. The third-order valence-corrected chi connectivity index (χ3v) is 4.68. The lowest BCUT2D eigenvalue weighted by molar-refractivity contribution is 0.869. The van der Waals surface area contributed by atoms with E-state index in [1.165, 1.54) is 10.9 Å². The molecular weight excluding hydrogens is 292 g/mol. The summed E-state index contributed by atoms with van der Waals surface area (Å²) >= 11 is 0. The Balaban J connectivity index is 1.98. The second kappa shape index (κ2) is 5.64. The molecular formula is C22H20N2. The molecule has 118 valence electrons. The number of rotatable bonds is 2. The molecule has 4 rings (SSSR count). The molecule has 0 aliphatic rings. The fourth-order valence-electron chi connectivity index (χ4n) is 3.27. The molecule has 2 nitrogen and oxygen atoms in total. The van der Waals surface area contributed by atoms with Crippen molar-refractivity contribution in [3.63, 3.8) is 0 Å². The Morgan fingerprint density at radius 3 is 2.50 bits per heavy atom. The van der Waals surface area contributed by atoms with Gasteiger partial charge in [0.05, 0.1) is 5.69 Å². The van der Waals surface area contributed by atoms with E-state index in [1.54, 1.807) is 0 Å². The molecule has 0 aliphatic carbocycles. The van der Waals surface area contributed by atoms with Crippen LogP contribution in [0, 0.1) is 0 Å². The molecule has 0 atom stereocenters. The first-order valence-electron chi connectivity index (χ1n) is 8.31. The Labute approximate surface area is 142 Å². The number of nitrogens with zero attached hydrogens (tertiary/aromatic N) is 1. The van der Waals surface area contributed by atoms with E-state index in [-0.39, 0.29) is 0 Å². The zero-order chi connectivity index (χ0) is 16.7. The normalized spacial score (nSPS) is 11.5. The highest BCUT2D eigenvalue weighted by Gasteiger charge is 2.12. The van der Waals surface area contributed by atoms with Gasteiger partial charge in [0.25, 0.3) is 0 Å². The minimum atomic E-state index is 0.511. The summed E-state index contributed by atoms with van der Waals surface area (Å²) in [5.74, 6) is 0.511. The van der Waals surface area contributed by atoms with Crippen LogP contribution in [0.4, 0.5) is 5.69 Å². The average molecular weight is 312 g/mol. The summed E-state index contributed by atoms with van der Waals surface area (Å²) in [6.07, 6.45) is 1.87. The van der Waals surface area contributed by atoms with E-state index >= 15 is 0 Å². The van der Waals surface area contributed by atoms with Gasteiger partial charge in [-0.05, 0) is 28.3 Å². The van der Waals surface area contributed by atoms with Gasteiger partial charge in [0, 0.05) is 28.2 Å². The molecule has 0 bridgehead atoms. The molecule has 1 heterocycles. The van der Waals surface area contributed by atoms with Crippen molar-refractivity contribution in [2.24, 2.45) is 0 Å². The predicted octanol–water partition coefficient (Wildman–Crippen LogP) is 5.76. The molecule has 3 aromatic carbocycles. The predicted molar refractivity (Wildman–Crippen MR) is 103 cm³/mol. The lowest BCUT2D eigenvalue weighted by atomic mass is 9.95. The van der Waals surface area contributed by atoms with Gasteiger partial charge < -0.3 is 5.73 Å². The highest BCUT2D eigenvalue weighted by atomic mass is 14.7. The largest absolute Gasteiger partial charge is 0.398 e. The number of fused-ring (bicyclic) bond motifs is 2. The van der Waals surface area contributed by atoms with Crippen LogP contribution >= 0.6 is 0 Å². The number of nitrogen functional groups attached to an aromatic ring is 1. The third-order valence-electron chi connectivity index (χ3n) is 4.68. The molecule has 0 radical (unpaired) electrons. The first kappa shape index (κ1) is 14.7. The molecule has 0 aliphatic heterocycles. The van der Waals surface area contributed by atoms with Crippen molar-refractivity contribution in [3.8, 4) is 11.3 Å². The summed E-state index contributed by atoms with van der Waals surface area (Å²) in [6.45, 7) is 4.43. The van der Waals surface area contributed by atoms with Crippen LogP contribution in [-0.2, 0) is 0 Å². The van der Waals surface area contributed by atoms with Gasteiger partial charge in [0.15, 0.2) is 0 Å². The SMILES string of the molecule is CC(C)c1ccc2c(-c3ccc4ccccc4c3N)nccc2c1. The summed E-state index contributed by atoms with van der Waals surface area (Å²) in [4.78, 5) is 4.64. The summed E-state index contributed by atoms with van der Waals surface area (Å²) in [7, 11) is 0. The third kappa shape index (κ3) is 2.31. The summed E-state index contributed by atoms with van der Waals surface area (Å²) in [6, 6.07) is 21.1. The van der Waals surface area contributed by atoms with Gasteiger partial charge in [-0.3, -0.25) is 4.98 Å². The van der Waals surface area contributed by atoms with Crippen molar-refractivity contribution in [1.29, 1.82) is 0 Å². The average Bonchev–Trinajstić information content (AvgIpc) is 2.61. The first-order chi connectivity index (χ1) is 11.6. The number of pyridine rings is 1. The molecule has 1 aromatic heterocycles. The maximum absolute atomic E-state index is 6.48. The molecule has 0 saturated carbocycles. The van der Waals surface area contributed by atoms with Crippen molar-refractivity contribution in [3.05, 3.63) is 72.4 Å². The lowest BCUT2D eigenvalue weighted by Gasteiger charge is -2.13. The Morgan fingerprint density at radius 2 is 1.67 bits per heavy atom. The highest BCUT2D eigenvalue weighted by molar-refractivity contribution is 6.05. The molecule has 0 spiro atoms. The fraction of sp³-hybridized carbons (Fsp3) is 0.136. The lowest BCUT2D eigenvalue weighted by Crippen LogP contribution is -1.95. The quantitative estimate of drug-likeness (QED) is 0.478. The van der Waals surface area contributed by atoms with Crippen LogP contribution < -0.4 is 5.73 Å². The Morgan fingerprint density at radius 1 is 0.833 bits per heavy atom. The smallest absolute Gasteiger partial charge is 0.0801 e. The van der Waals surface area contributed by atoms with Crippen molar-refractivity contribution >= 4 is 27.2 Å². The van der Waals surface area contributed by atoms with Gasteiger partial charge >= 0.3 is 0 Å². The van der Waals surface area contributed by atoms with Gasteiger partial charge in [-0.2, -0.15) is 0 Å². The van der Waals surface area contributed by atoms with Crippen molar-refractivity contribution < 1.29 is 0 Å². The zero-order valence-corrected chi connectivity index (χ0v) is 14.0. The van der Waals surface area contributed by atoms with E-state index in [9.17, 15) is 0 Å². The molecule has 2 heteroatoms. The summed E-state index contributed by atoms with van der Waals surface area (Å²) in [5.41, 5.74) is 10.6. The van der Waals surface area contributed by atoms with Crippen LogP contribution in [0.15, 0.2) is 66.9 Å². The second-order valence-corrected chi connectivity index (χ2v) is 6.54. The van der Waals surface area contributed by atoms with E-state index in [0.29, 0.717) is 5.92 Å². The molecule has 24 heavy (non-hydrogen) atoms. The first-order valence-corrected chi connectivity index (χ1v) is 8.31. The number of hydrogen-bond acceptors (Lipinski definition) is 2. The van der Waals surface area contributed by atoms with Crippen molar-refractivity contribution in [2.45, 2.75) is 19.8 Å². The monoisotopic (exact) mass is 312 g/mol. The van der Waals surface area contributed by atoms with Crippen LogP contribution in [-0.4, -0.2) is 4.98 Å². The highest BCUT2D eigenvalue weighted by Crippen LogP contribution is 2.35. The van der Waals surface area contributed by atoms with Crippen molar-refractivity contribution in [2.75, 3.05) is 5.73 Å². The number of benzene rings is 3. The van der Waals surface area contributed by atoms with E-state index in [0.717, 1.165) is 33.1 Å².